The van der Waals surface area contributed by atoms with Crippen LogP contribution in [0, 0.1) is 11.6 Å². The highest BCUT2D eigenvalue weighted by Gasteiger charge is 2.43. The maximum atomic E-state index is 13.4. The quantitative estimate of drug-likeness (QED) is 0.400. The van der Waals surface area contributed by atoms with Crippen molar-refractivity contribution in [2.75, 3.05) is 10.2 Å². The summed E-state index contributed by atoms with van der Waals surface area (Å²) in [7, 11) is 0. The number of carbonyl (C=O) groups excluding carboxylic acids is 2. The monoisotopic (exact) mass is 485 g/mol. The van der Waals surface area contributed by atoms with Crippen LogP contribution >= 0.6 is 23.8 Å². The molecule has 0 saturated carbocycles. The van der Waals surface area contributed by atoms with E-state index in [2.05, 4.69) is 5.32 Å². The Balaban J connectivity index is 1.62. The number of nitrogens with zero attached hydrogens (tertiary/aromatic N) is 2. The number of hydrogen-bond acceptors (Lipinski definition) is 3. The van der Waals surface area contributed by atoms with E-state index in [0.717, 1.165) is 4.90 Å². The fourth-order valence-electron chi connectivity index (χ4n) is 3.56. The van der Waals surface area contributed by atoms with Gasteiger partial charge in [-0.2, -0.15) is 0 Å². The van der Waals surface area contributed by atoms with E-state index in [9.17, 15) is 18.4 Å². The first kappa shape index (κ1) is 22.8. The lowest BCUT2D eigenvalue weighted by atomic mass is 10.1. The van der Waals surface area contributed by atoms with Crippen molar-refractivity contribution in [3.05, 3.63) is 95.0 Å². The van der Waals surface area contributed by atoms with E-state index in [1.54, 1.807) is 41.3 Å². The fourth-order valence-corrected chi connectivity index (χ4v) is 4.00. The van der Waals surface area contributed by atoms with Crippen LogP contribution in [-0.4, -0.2) is 27.9 Å². The molecule has 0 aromatic heterocycles. The molecule has 33 heavy (non-hydrogen) atoms. The van der Waals surface area contributed by atoms with E-state index in [1.165, 1.54) is 36.4 Å². The van der Waals surface area contributed by atoms with Crippen LogP contribution in [0.1, 0.15) is 12.0 Å². The molecule has 4 rings (SSSR count). The van der Waals surface area contributed by atoms with Crippen molar-refractivity contribution in [2.24, 2.45) is 0 Å². The van der Waals surface area contributed by atoms with E-state index >= 15 is 0 Å². The van der Waals surface area contributed by atoms with E-state index in [1.807, 2.05) is 0 Å². The SMILES string of the molecule is O=C1CC(N(Cc2ccc(F)cc2)C(=S)Nc2ccc(F)cc2)C(=O)N1c1ccc(Cl)cc1. The van der Waals surface area contributed by atoms with Crippen LogP contribution in [-0.2, 0) is 16.1 Å². The zero-order chi connectivity index (χ0) is 23.5. The van der Waals surface area contributed by atoms with Crippen molar-refractivity contribution in [1.82, 2.24) is 4.90 Å². The van der Waals surface area contributed by atoms with Gasteiger partial charge < -0.3 is 10.2 Å². The van der Waals surface area contributed by atoms with E-state index in [-0.39, 0.29) is 24.0 Å². The Labute approximate surface area is 199 Å². The highest BCUT2D eigenvalue weighted by molar-refractivity contribution is 7.80. The molecule has 1 unspecified atom stereocenters. The fraction of sp³-hybridized carbons (Fsp3) is 0.125. The Morgan fingerprint density at radius 1 is 0.970 bits per heavy atom. The van der Waals surface area contributed by atoms with Crippen LogP contribution in [0.2, 0.25) is 5.02 Å². The first-order valence-corrected chi connectivity index (χ1v) is 10.8. The summed E-state index contributed by atoms with van der Waals surface area (Å²) < 4.78 is 26.7. The van der Waals surface area contributed by atoms with Crippen molar-refractivity contribution < 1.29 is 18.4 Å². The van der Waals surface area contributed by atoms with Gasteiger partial charge in [0.2, 0.25) is 5.91 Å². The van der Waals surface area contributed by atoms with Gasteiger partial charge in [-0.3, -0.25) is 9.59 Å². The highest BCUT2D eigenvalue weighted by Crippen LogP contribution is 2.28. The number of hydrogen-bond donors (Lipinski definition) is 1. The van der Waals surface area contributed by atoms with Crippen LogP contribution in [0.5, 0.6) is 0 Å². The molecule has 1 atom stereocenters. The number of benzene rings is 3. The molecule has 168 valence electrons. The van der Waals surface area contributed by atoms with Crippen LogP contribution in [0.15, 0.2) is 72.8 Å². The Kier molecular flexibility index (Phi) is 6.67. The van der Waals surface area contributed by atoms with E-state index in [0.29, 0.717) is 22.0 Å². The number of imide groups is 1. The van der Waals surface area contributed by atoms with Gasteiger partial charge in [0.1, 0.15) is 17.7 Å². The number of thiocarbonyl (C=S) groups is 1. The van der Waals surface area contributed by atoms with E-state index < -0.39 is 23.6 Å². The van der Waals surface area contributed by atoms with Crippen molar-refractivity contribution in [3.63, 3.8) is 0 Å². The lowest BCUT2D eigenvalue weighted by Crippen LogP contribution is -2.46. The lowest BCUT2D eigenvalue weighted by Gasteiger charge is -2.30. The third kappa shape index (κ3) is 5.18. The predicted octanol–water partition coefficient (Wildman–Crippen LogP) is 5.15. The van der Waals surface area contributed by atoms with Crippen LogP contribution < -0.4 is 10.2 Å². The molecule has 0 radical (unpaired) electrons. The van der Waals surface area contributed by atoms with Gasteiger partial charge >= 0.3 is 0 Å². The number of nitrogens with one attached hydrogen (secondary N) is 1. The predicted molar refractivity (Wildman–Crippen MR) is 127 cm³/mol. The molecule has 1 heterocycles. The normalized spacial score (nSPS) is 15.6. The maximum absolute atomic E-state index is 13.4. The lowest BCUT2D eigenvalue weighted by molar-refractivity contribution is -0.122. The second kappa shape index (κ2) is 9.64. The zero-order valence-electron chi connectivity index (χ0n) is 17.2. The van der Waals surface area contributed by atoms with Gasteiger partial charge in [-0.05, 0) is 78.4 Å². The number of carbonyl (C=O) groups is 2. The minimum atomic E-state index is -0.876. The summed E-state index contributed by atoms with van der Waals surface area (Å²) in [5.41, 5.74) is 1.64. The molecule has 9 heteroatoms. The summed E-state index contributed by atoms with van der Waals surface area (Å²) in [5.74, 6) is -1.60. The number of rotatable bonds is 5. The van der Waals surface area contributed by atoms with Crippen molar-refractivity contribution in [1.29, 1.82) is 0 Å². The standard InChI is InChI=1S/C24H18ClF2N3O2S/c25-16-3-11-20(12-4-16)30-22(31)13-21(23(30)32)29(14-15-1-5-17(26)6-2-15)24(33)28-19-9-7-18(27)8-10-19/h1-12,21H,13-14H2,(H,28,33). The highest BCUT2D eigenvalue weighted by atomic mass is 35.5. The van der Waals surface area contributed by atoms with Gasteiger partial charge in [-0.25, -0.2) is 13.7 Å². The van der Waals surface area contributed by atoms with Gasteiger partial charge in [0.05, 0.1) is 12.1 Å². The first-order chi connectivity index (χ1) is 15.8. The van der Waals surface area contributed by atoms with Gasteiger partial charge in [0.25, 0.3) is 5.91 Å². The zero-order valence-corrected chi connectivity index (χ0v) is 18.7. The average molecular weight is 486 g/mol. The molecule has 2 amide bonds. The number of halogens is 3. The summed E-state index contributed by atoms with van der Waals surface area (Å²) in [6, 6.07) is 16.9. The molecule has 3 aromatic carbocycles. The molecule has 0 spiro atoms. The third-order valence-corrected chi connectivity index (χ3v) is 5.79. The molecule has 5 nitrogen and oxygen atoms in total. The second-order valence-electron chi connectivity index (χ2n) is 7.46. The minimum absolute atomic E-state index is 0.0894. The smallest absolute Gasteiger partial charge is 0.257 e. The molecule has 0 bridgehead atoms. The van der Waals surface area contributed by atoms with Crippen molar-refractivity contribution in [3.8, 4) is 0 Å². The van der Waals surface area contributed by atoms with Crippen molar-refractivity contribution in [2.45, 2.75) is 19.0 Å². The maximum Gasteiger partial charge on any atom is 0.257 e. The topological polar surface area (TPSA) is 52.7 Å². The molecule has 1 aliphatic rings. The van der Waals surface area contributed by atoms with Crippen LogP contribution in [0.25, 0.3) is 0 Å². The number of anilines is 2. The molecular formula is C24H18ClF2N3O2S. The largest absolute Gasteiger partial charge is 0.333 e. The van der Waals surface area contributed by atoms with Gasteiger partial charge in [0.15, 0.2) is 5.11 Å². The van der Waals surface area contributed by atoms with Gasteiger partial charge in [0, 0.05) is 17.3 Å². The van der Waals surface area contributed by atoms with Crippen LogP contribution in [0.3, 0.4) is 0 Å². The number of amides is 2. The molecule has 1 saturated heterocycles. The average Bonchev–Trinajstić information content (AvgIpc) is 3.09. The minimum Gasteiger partial charge on any atom is -0.333 e. The molecule has 1 fully saturated rings. The van der Waals surface area contributed by atoms with Crippen LogP contribution in [0.4, 0.5) is 20.2 Å². The summed E-state index contributed by atoms with van der Waals surface area (Å²) in [4.78, 5) is 28.8. The van der Waals surface area contributed by atoms with E-state index in [4.69, 9.17) is 23.8 Å². The van der Waals surface area contributed by atoms with Gasteiger partial charge in [-0.1, -0.05) is 23.7 Å². The van der Waals surface area contributed by atoms with Gasteiger partial charge in [-0.15, -0.1) is 0 Å². The summed E-state index contributed by atoms with van der Waals surface area (Å²) in [6.45, 7) is 0.158. The Hall–Kier alpha value is -3.36. The molecular weight excluding hydrogens is 468 g/mol. The molecule has 3 aromatic rings. The Bertz CT molecular complexity index is 1190. The third-order valence-electron chi connectivity index (χ3n) is 5.21. The molecule has 1 aliphatic heterocycles. The Morgan fingerprint density at radius 2 is 1.55 bits per heavy atom. The Morgan fingerprint density at radius 3 is 2.15 bits per heavy atom. The second-order valence-corrected chi connectivity index (χ2v) is 8.28. The first-order valence-electron chi connectivity index (χ1n) is 10.0. The molecule has 1 N–H and O–H groups in total. The van der Waals surface area contributed by atoms with Crippen molar-refractivity contribution >= 4 is 52.1 Å². The summed E-state index contributed by atoms with van der Waals surface area (Å²) >= 11 is 11.5. The molecule has 0 aliphatic carbocycles. The summed E-state index contributed by atoms with van der Waals surface area (Å²) in [5, 5.41) is 3.65. The summed E-state index contributed by atoms with van der Waals surface area (Å²) in [6.07, 6.45) is -0.0894.